The minimum Gasteiger partial charge on any atom is -0.348 e. The lowest BCUT2D eigenvalue weighted by atomic mass is 10.0. The third-order valence-electron chi connectivity index (χ3n) is 2.49. The standard InChI is InChI=1S/C13H19ClN2O/c1-9(2)7-10(8-15)16-13(17)11-5-3-4-6-12(11)14/h3-6,9-10H,7-8,15H2,1-2H3,(H,16,17). The Kier molecular flexibility index (Phi) is 5.45. The number of carbonyl (C=O) groups excluding carboxylic acids is 1. The molecule has 1 aromatic carbocycles. The number of carbonyl (C=O) groups is 1. The van der Waals surface area contributed by atoms with Gasteiger partial charge in [0.25, 0.3) is 5.91 Å². The summed E-state index contributed by atoms with van der Waals surface area (Å²) in [6, 6.07) is 7.00. The van der Waals surface area contributed by atoms with Crippen molar-refractivity contribution in [3.63, 3.8) is 0 Å². The van der Waals surface area contributed by atoms with E-state index in [0.717, 1.165) is 6.42 Å². The molecule has 0 spiro atoms. The van der Waals surface area contributed by atoms with Crippen molar-refractivity contribution in [3.05, 3.63) is 34.9 Å². The highest BCUT2D eigenvalue weighted by molar-refractivity contribution is 6.33. The molecule has 1 aromatic rings. The molecule has 0 aliphatic carbocycles. The summed E-state index contributed by atoms with van der Waals surface area (Å²) in [6.07, 6.45) is 0.868. The average Bonchev–Trinajstić information content (AvgIpc) is 2.27. The molecule has 0 aliphatic rings. The van der Waals surface area contributed by atoms with Crippen molar-refractivity contribution in [2.75, 3.05) is 6.54 Å². The summed E-state index contributed by atoms with van der Waals surface area (Å²) < 4.78 is 0. The molecular formula is C13H19ClN2O. The summed E-state index contributed by atoms with van der Waals surface area (Å²) in [5.41, 5.74) is 6.13. The van der Waals surface area contributed by atoms with Crippen LogP contribution in [0.25, 0.3) is 0 Å². The van der Waals surface area contributed by atoms with Crippen LogP contribution in [0.4, 0.5) is 0 Å². The highest BCUT2D eigenvalue weighted by atomic mass is 35.5. The van der Waals surface area contributed by atoms with Crippen molar-refractivity contribution in [2.45, 2.75) is 26.3 Å². The first-order valence-corrected chi connectivity index (χ1v) is 6.17. The van der Waals surface area contributed by atoms with E-state index in [9.17, 15) is 4.79 Å². The van der Waals surface area contributed by atoms with Gasteiger partial charge in [-0.15, -0.1) is 0 Å². The molecule has 0 aromatic heterocycles. The van der Waals surface area contributed by atoms with Gasteiger partial charge in [0.2, 0.25) is 0 Å². The largest absolute Gasteiger partial charge is 0.348 e. The topological polar surface area (TPSA) is 55.1 Å². The third-order valence-corrected chi connectivity index (χ3v) is 2.82. The molecule has 0 aliphatic heterocycles. The Labute approximate surface area is 107 Å². The molecule has 3 nitrogen and oxygen atoms in total. The molecule has 1 unspecified atom stereocenters. The lowest BCUT2D eigenvalue weighted by molar-refractivity contribution is 0.0934. The van der Waals surface area contributed by atoms with Crippen molar-refractivity contribution >= 4 is 17.5 Å². The number of hydrogen-bond donors (Lipinski definition) is 2. The Hall–Kier alpha value is -1.06. The fourth-order valence-electron chi connectivity index (χ4n) is 1.69. The molecule has 0 bridgehead atoms. The van der Waals surface area contributed by atoms with Crippen LogP contribution in [0.1, 0.15) is 30.6 Å². The Balaban J connectivity index is 2.68. The van der Waals surface area contributed by atoms with E-state index in [1.807, 2.05) is 0 Å². The second-order valence-corrected chi connectivity index (χ2v) is 4.92. The van der Waals surface area contributed by atoms with Crippen molar-refractivity contribution in [1.82, 2.24) is 5.32 Å². The smallest absolute Gasteiger partial charge is 0.253 e. The Bertz CT molecular complexity index is 379. The van der Waals surface area contributed by atoms with Gasteiger partial charge < -0.3 is 11.1 Å². The maximum absolute atomic E-state index is 12.0. The first kappa shape index (κ1) is 14.0. The zero-order valence-electron chi connectivity index (χ0n) is 10.2. The van der Waals surface area contributed by atoms with Crippen LogP contribution in [-0.2, 0) is 0 Å². The number of rotatable bonds is 5. The second-order valence-electron chi connectivity index (χ2n) is 4.52. The van der Waals surface area contributed by atoms with Gasteiger partial charge in [-0.2, -0.15) is 0 Å². The summed E-state index contributed by atoms with van der Waals surface area (Å²) >= 11 is 5.96. The minimum absolute atomic E-state index is 0.00114. The molecule has 1 rings (SSSR count). The average molecular weight is 255 g/mol. The van der Waals surface area contributed by atoms with Crippen LogP contribution in [-0.4, -0.2) is 18.5 Å². The first-order valence-electron chi connectivity index (χ1n) is 5.80. The van der Waals surface area contributed by atoms with E-state index in [-0.39, 0.29) is 11.9 Å². The van der Waals surface area contributed by atoms with Crippen LogP contribution >= 0.6 is 11.6 Å². The fourth-order valence-corrected chi connectivity index (χ4v) is 1.91. The Morgan fingerprint density at radius 2 is 2.06 bits per heavy atom. The highest BCUT2D eigenvalue weighted by Crippen LogP contribution is 2.15. The number of nitrogens with one attached hydrogen (secondary N) is 1. The molecule has 1 amide bonds. The summed E-state index contributed by atoms with van der Waals surface area (Å²) in [4.78, 5) is 12.0. The molecule has 0 saturated carbocycles. The van der Waals surface area contributed by atoms with E-state index in [1.54, 1.807) is 24.3 Å². The molecule has 3 N–H and O–H groups in total. The van der Waals surface area contributed by atoms with Gasteiger partial charge in [-0.25, -0.2) is 0 Å². The number of hydrogen-bond acceptors (Lipinski definition) is 2. The Morgan fingerprint density at radius 1 is 1.41 bits per heavy atom. The zero-order chi connectivity index (χ0) is 12.8. The lowest BCUT2D eigenvalue weighted by Gasteiger charge is -2.19. The van der Waals surface area contributed by atoms with Gasteiger partial charge in [-0.3, -0.25) is 4.79 Å². The fraction of sp³-hybridized carbons (Fsp3) is 0.462. The van der Waals surface area contributed by atoms with Gasteiger partial charge in [0.1, 0.15) is 0 Å². The SMILES string of the molecule is CC(C)CC(CN)NC(=O)c1ccccc1Cl. The molecular weight excluding hydrogens is 236 g/mol. The van der Waals surface area contributed by atoms with E-state index in [2.05, 4.69) is 19.2 Å². The van der Waals surface area contributed by atoms with Crippen molar-refractivity contribution in [1.29, 1.82) is 0 Å². The molecule has 94 valence electrons. The molecule has 0 fully saturated rings. The highest BCUT2D eigenvalue weighted by Gasteiger charge is 2.15. The monoisotopic (exact) mass is 254 g/mol. The summed E-state index contributed by atoms with van der Waals surface area (Å²) in [5, 5.41) is 3.37. The van der Waals surface area contributed by atoms with Crippen LogP contribution in [0.3, 0.4) is 0 Å². The molecule has 17 heavy (non-hydrogen) atoms. The molecule has 0 radical (unpaired) electrons. The van der Waals surface area contributed by atoms with E-state index in [1.165, 1.54) is 0 Å². The Morgan fingerprint density at radius 3 is 2.59 bits per heavy atom. The van der Waals surface area contributed by atoms with Gasteiger partial charge in [0.15, 0.2) is 0 Å². The van der Waals surface area contributed by atoms with Gasteiger partial charge >= 0.3 is 0 Å². The van der Waals surface area contributed by atoms with E-state index >= 15 is 0 Å². The van der Waals surface area contributed by atoms with Gasteiger partial charge in [0, 0.05) is 12.6 Å². The third kappa shape index (κ3) is 4.36. The van der Waals surface area contributed by atoms with Crippen LogP contribution in [0.15, 0.2) is 24.3 Å². The van der Waals surface area contributed by atoms with Gasteiger partial charge in [-0.1, -0.05) is 37.6 Å². The number of benzene rings is 1. The number of nitrogens with two attached hydrogens (primary N) is 1. The predicted molar refractivity (Wildman–Crippen MR) is 71.2 cm³/mol. The number of halogens is 1. The summed E-state index contributed by atoms with van der Waals surface area (Å²) in [5.74, 6) is 0.335. The van der Waals surface area contributed by atoms with Crippen LogP contribution < -0.4 is 11.1 Å². The normalized spacial score (nSPS) is 12.5. The van der Waals surface area contributed by atoms with Crippen molar-refractivity contribution < 1.29 is 4.79 Å². The van der Waals surface area contributed by atoms with Gasteiger partial charge in [-0.05, 0) is 24.5 Å². The summed E-state index contributed by atoms with van der Waals surface area (Å²) in [6.45, 7) is 4.64. The first-order chi connectivity index (χ1) is 8.04. The number of amides is 1. The molecule has 1 atom stereocenters. The maximum atomic E-state index is 12.0. The molecule has 4 heteroatoms. The lowest BCUT2D eigenvalue weighted by Crippen LogP contribution is -2.41. The van der Waals surface area contributed by atoms with E-state index in [4.69, 9.17) is 17.3 Å². The van der Waals surface area contributed by atoms with Crippen LogP contribution in [0.5, 0.6) is 0 Å². The quantitative estimate of drug-likeness (QED) is 0.848. The van der Waals surface area contributed by atoms with E-state index in [0.29, 0.717) is 23.0 Å². The maximum Gasteiger partial charge on any atom is 0.253 e. The minimum atomic E-state index is -0.160. The summed E-state index contributed by atoms with van der Waals surface area (Å²) in [7, 11) is 0. The van der Waals surface area contributed by atoms with Crippen molar-refractivity contribution in [3.8, 4) is 0 Å². The van der Waals surface area contributed by atoms with Crippen molar-refractivity contribution in [2.24, 2.45) is 11.7 Å². The van der Waals surface area contributed by atoms with Crippen LogP contribution in [0, 0.1) is 5.92 Å². The zero-order valence-corrected chi connectivity index (χ0v) is 11.0. The van der Waals surface area contributed by atoms with E-state index < -0.39 is 0 Å². The van der Waals surface area contributed by atoms with Gasteiger partial charge in [0.05, 0.1) is 10.6 Å². The van der Waals surface area contributed by atoms with Crippen LogP contribution in [0.2, 0.25) is 5.02 Å². The predicted octanol–water partition coefficient (Wildman–Crippen LogP) is 2.44. The molecule has 0 heterocycles. The molecule has 0 saturated heterocycles. The second kappa shape index (κ2) is 6.62.